The number of hydrogen-bond donors (Lipinski definition) is 2. The zero-order chi connectivity index (χ0) is 17.5. The van der Waals surface area contributed by atoms with Gasteiger partial charge in [-0.2, -0.15) is 0 Å². The van der Waals surface area contributed by atoms with Gasteiger partial charge in [0.25, 0.3) is 11.6 Å². The fraction of sp³-hybridized carbons (Fsp3) is 0.312. The summed E-state index contributed by atoms with van der Waals surface area (Å²) in [5.41, 5.74) is -0.413. The molecule has 1 unspecified atom stereocenters. The Balaban J connectivity index is 1.75. The zero-order valence-electron chi connectivity index (χ0n) is 13.1. The number of aliphatic hydroxyl groups is 1. The molecule has 0 fully saturated rings. The van der Waals surface area contributed by atoms with Crippen LogP contribution in [0.5, 0.6) is 5.75 Å². The molecule has 8 heteroatoms. The molecule has 1 atom stereocenters. The Hall–Kier alpha value is -2.45. The van der Waals surface area contributed by atoms with Gasteiger partial charge < -0.3 is 15.2 Å². The molecule has 1 aromatic carbocycles. The van der Waals surface area contributed by atoms with Gasteiger partial charge >= 0.3 is 0 Å². The third kappa shape index (κ3) is 3.10. The van der Waals surface area contributed by atoms with Crippen LogP contribution in [0, 0.1) is 10.1 Å². The van der Waals surface area contributed by atoms with Crippen molar-refractivity contribution in [2.75, 3.05) is 5.32 Å². The van der Waals surface area contributed by atoms with Crippen molar-refractivity contribution in [3.05, 3.63) is 50.9 Å². The van der Waals surface area contributed by atoms with Crippen molar-refractivity contribution in [3.63, 3.8) is 0 Å². The molecule has 2 aromatic rings. The molecule has 3 rings (SSSR count). The Morgan fingerprint density at radius 2 is 2.08 bits per heavy atom. The van der Waals surface area contributed by atoms with Crippen molar-refractivity contribution in [3.8, 4) is 5.75 Å². The van der Waals surface area contributed by atoms with Gasteiger partial charge in [-0.05, 0) is 26.0 Å². The third-order valence-electron chi connectivity index (χ3n) is 3.90. The molecule has 0 aliphatic carbocycles. The number of thiophene rings is 1. The summed E-state index contributed by atoms with van der Waals surface area (Å²) in [6, 6.07) is 7.12. The summed E-state index contributed by atoms with van der Waals surface area (Å²) < 4.78 is 5.78. The van der Waals surface area contributed by atoms with Crippen LogP contribution in [0.3, 0.4) is 0 Å². The quantitative estimate of drug-likeness (QED) is 0.656. The molecule has 0 spiro atoms. The van der Waals surface area contributed by atoms with E-state index in [1.807, 2.05) is 13.8 Å². The number of ether oxygens (including phenoxy) is 1. The van der Waals surface area contributed by atoms with E-state index in [1.54, 1.807) is 6.07 Å². The number of nitro groups is 1. The lowest BCUT2D eigenvalue weighted by molar-refractivity contribution is -0.384. The average molecular weight is 348 g/mol. The number of benzene rings is 1. The fourth-order valence-corrected chi connectivity index (χ4v) is 3.41. The summed E-state index contributed by atoms with van der Waals surface area (Å²) in [4.78, 5) is 23.2. The highest BCUT2D eigenvalue weighted by molar-refractivity contribution is 7.16. The highest BCUT2D eigenvalue weighted by Crippen LogP contribution is 2.41. The number of anilines is 1. The van der Waals surface area contributed by atoms with Crippen molar-refractivity contribution in [1.82, 2.24) is 0 Å². The highest BCUT2D eigenvalue weighted by atomic mass is 32.1. The van der Waals surface area contributed by atoms with Gasteiger partial charge in [-0.3, -0.25) is 14.9 Å². The Bertz CT molecular complexity index is 797. The number of nitro benzene ring substituents is 1. The van der Waals surface area contributed by atoms with E-state index in [9.17, 15) is 20.0 Å². The minimum atomic E-state index is -0.673. The number of amides is 1. The first-order valence-electron chi connectivity index (χ1n) is 7.32. The van der Waals surface area contributed by atoms with E-state index in [-0.39, 0.29) is 11.6 Å². The smallest absolute Gasteiger partial charge is 0.269 e. The van der Waals surface area contributed by atoms with Crippen LogP contribution in [0.4, 0.5) is 10.7 Å². The van der Waals surface area contributed by atoms with E-state index < -0.39 is 16.6 Å². The molecule has 0 radical (unpaired) electrons. The first-order chi connectivity index (χ1) is 11.3. The molecular formula is C16H16N2O5S. The van der Waals surface area contributed by atoms with Gasteiger partial charge in [-0.1, -0.05) is 0 Å². The monoisotopic (exact) mass is 348 g/mol. The normalized spacial score (nSPS) is 18.4. The molecule has 1 aromatic heterocycles. The van der Waals surface area contributed by atoms with E-state index >= 15 is 0 Å². The molecule has 126 valence electrons. The number of non-ortho nitro benzene ring substituents is 1. The van der Waals surface area contributed by atoms with Gasteiger partial charge in [0.05, 0.1) is 20.9 Å². The first-order valence-corrected chi connectivity index (χ1v) is 8.13. The van der Waals surface area contributed by atoms with Gasteiger partial charge in [-0.25, -0.2) is 0 Å². The lowest BCUT2D eigenvalue weighted by Crippen LogP contribution is -2.45. The van der Waals surface area contributed by atoms with Crippen molar-refractivity contribution < 1.29 is 19.6 Å². The number of hydrogen-bond acceptors (Lipinski definition) is 6. The van der Waals surface area contributed by atoms with E-state index in [4.69, 9.17) is 4.74 Å². The number of carbonyl (C=O) groups is 1. The lowest BCUT2D eigenvalue weighted by Gasteiger charge is -2.35. The molecule has 7 nitrogen and oxygen atoms in total. The number of nitrogens with zero attached hydrogens (tertiary/aromatic N) is 1. The third-order valence-corrected chi connectivity index (χ3v) is 4.96. The van der Waals surface area contributed by atoms with Crippen LogP contribution in [-0.2, 0) is 6.42 Å². The van der Waals surface area contributed by atoms with Gasteiger partial charge in [0.1, 0.15) is 11.4 Å². The van der Waals surface area contributed by atoms with Crippen LogP contribution in [-0.4, -0.2) is 27.6 Å². The molecule has 24 heavy (non-hydrogen) atoms. The largest absolute Gasteiger partial charge is 0.484 e. The molecule has 1 aliphatic heterocycles. The maximum atomic E-state index is 12.2. The Kier molecular flexibility index (Phi) is 4.02. The van der Waals surface area contributed by atoms with Gasteiger partial charge in [0.2, 0.25) is 0 Å². The minimum Gasteiger partial charge on any atom is -0.484 e. The predicted molar refractivity (Wildman–Crippen MR) is 89.8 cm³/mol. The summed E-state index contributed by atoms with van der Waals surface area (Å²) in [6.07, 6.45) is -0.137. The summed E-state index contributed by atoms with van der Waals surface area (Å²) in [7, 11) is 0. The van der Waals surface area contributed by atoms with Crippen LogP contribution in [0.2, 0.25) is 0 Å². The number of aliphatic hydroxyl groups excluding tert-OH is 1. The van der Waals surface area contributed by atoms with Gasteiger partial charge in [0, 0.05) is 30.2 Å². The lowest BCUT2D eigenvalue weighted by atomic mass is 9.95. The molecule has 0 saturated carbocycles. The minimum absolute atomic E-state index is 0.0669. The van der Waals surface area contributed by atoms with E-state index in [0.717, 1.165) is 4.88 Å². The fourth-order valence-electron chi connectivity index (χ4n) is 2.39. The zero-order valence-corrected chi connectivity index (χ0v) is 13.9. The number of nitrogens with one attached hydrogen (secondary N) is 1. The molecule has 1 aliphatic rings. The van der Waals surface area contributed by atoms with Crippen LogP contribution in [0.25, 0.3) is 0 Å². The molecule has 1 amide bonds. The van der Waals surface area contributed by atoms with Crippen molar-refractivity contribution in [1.29, 1.82) is 0 Å². The number of fused-ring (bicyclic) bond motifs is 1. The second-order valence-electron chi connectivity index (χ2n) is 6.08. The highest BCUT2D eigenvalue weighted by Gasteiger charge is 2.36. The van der Waals surface area contributed by atoms with Crippen LogP contribution < -0.4 is 10.1 Å². The average Bonchev–Trinajstić information content (AvgIpc) is 2.88. The van der Waals surface area contributed by atoms with Crippen molar-refractivity contribution >= 4 is 27.9 Å². The summed E-state index contributed by atoms with van der Waals surface area (Å²) in [6.45, 7) is 3.63. The number of rotatable bonds is 3. The predicted octanol–water partition coefficient (Wildman–Crippen LogP) is 2.98. The Morgan fingerprint density at radius 3 is 2.71 bits per heavy atom. The van der Waals surface area contributed by atoms with Crippen LogP contribution >= 0.6 is 11.3 Å². The summed E-state index contributed by atoms with van der Waals surface area (Å²) in [5, 5.41) is 24.1. The molecule has 2 N–H and O–H groups in total. The van der Waals surface area contributed by atoms with Crippen LogP contribution in [0.15, 0.2) is 30.3 Å². The SMILES string of the molecule is CC1(C)Oc2cc(NC(=O)c3ccc([N+](=O)[O-])cc3)sc2CC1O. The molecular weight excluding hydrogens is 332 g/mol. The molecule has 0 saturated heterocycles. The Labute approximate surface area is 142 Å². The van der Waals surface area contributed by atoms with Crippen LogP contribution in [0.1, 0.15) is 29.1 Å². The van der Waals surface area contributed by atoms with Crippen molar-refractivity contribution in [2.45, 2.75) is 32.0 Å². The van der Waals surface area contributed by atoms with Crippen molar-refractivity contribution in [2.24, 2.45) is 0 Å². The van der Waals surface area contributed by atoms with E-state index in [2.05, 4.69) is 5.32 Å². The number of carbonyl (C=O) groups excluding carboxylic acids is 1. The standard InChI is InChI=1S/C16H16N2O5S/c1-16(2)13(19)8-12-11(23-16)7-14(24-12)17-15(20)9-3-5-10(6-4-9)18(21)22/h3-7,13,19H,8H2,1-2H3,(H,17,20). The second-order valence-corrected chi connectivity index (χ2v) is 7.22. The second kappa shape index (κ2) is 5.88. The van der Waals surface area contributed by atoms with Gasteiger partial charge in [0.15, 0.2) is 0 Å². The summed E-state index contributed by atoms with van der Waals surface area (Å²) in [5.74, 6) is 0.303. The topological polar surface area (TPSA) is 102 Å². The van der Waals surface area contributed by atoms with E-state index in [0.29, 0.717) is 22.7 Å². The summed E-state index contributed by atoms with van der Waals surface area (Å²) >= 11 is 1.35. The first kappa shape index (κ1) is 16.4. The molecule has 2 heterocycles. The maximum absolute atomic E-state index is 12.2. The van der Waals surface area contributed by atoms with Gasteiger partial charge in [-0.15, -0.1) is 11.3 Å². The van der Waals surface area contributed by atoms with E-state index in [1.165, 1.54) is 35.6 Å². The molecule has 0 bridgehead atoms. The maximum Gasteiger partial charge on any atom is 0.269 e. The Morgan fingerprint density at radius 1 is 1.42 bits per heavy atom.